The lowest BCUT2D eigenvalue weighted by molar-refractivity contribution is -0.114. The van der Waals surface area contributed by atoms with Crippen LogP contribution in [0.2, 0.25) is 0 Å². The van der Waals surface area contributed by atoms with Gasteiger partial charge in [0.2, 0.25) is 5.91 Å². The molecule has 1 aliphatic rings. The summed E-state index contributed by atoms with van der Waals surface area (Å²) >= 11 is 1.39. The van der Waals surface area contributed by atoms with Gasteiger partial charge in [-0.15, -0.1) is 11.3 Å². The van der Waals surface area contributed by atoms with Gasteiger partial charge in [0.05, 0.1) is 5.56 Å². The number of carbonyl (C=O) groups is 2. The molecule has 19 heavy (non-hydrogen) atoms. The number of nitrogens with one attached hydrogen (secondary N) is 1. The second-order valence-corrected chi connectivity index (χ2v) is 5.83. The van der Waals surface area contributed by atoms with Gasteiger partial charge >= 0.3 is 5.97 Å². The molecule has 1 aliphatic heterocycles. The van der Waals surface area contributed by atoms with Gasteiger partial charge in [-0.05, 0) is 24.9 Å². The molecule has 0 fully saturated rings. The van der Waals surface area contributed by atoms with Crippen molar-refractivity contribution in [2.24, 2.45) is 0 Å². The molecule has 1 aromatic heterocycles. The van der Waals surface area contributed by atoms with Crippen molar-refractivity contribution >= 4 is 28.2 Å². The standard InChI is InChI=1S/C13H18N2O3S/c1-3-5-15-6-4-9-10(7-15)19-12(14-8(2)16)11(9)13(17)18/h3-7H2,1-2H3,(H,14,16)(H,17,18). The summed E-state index contributed by atoms with van der Waals surface area (Å²) in [5, 5.41) is 12.4. The van der Waals surface area contributed by atoms with E-state index in [0.29, 0.717) is 5.00 Å². The molecule has 0 radical (unpaired) electrons. The lowest BCUT2D eigenvalue weighted by Crippen LogP contribution is -2.30. The van der Waals surface area contributed by atoms with Crippen molar-refractivity contribution in [3.63, 3.8) is 0 Å². The van der Waals surface area contributed by atoms with Crippen LogP contribution in [-0.4, -0.2) is 35.0 Å². The zero-order valence-corrected chi connectivity index (χ0v) is 12.0. The van der Waals surface area contributed by atoms with E-state index >= 15 is 0 Å². The largest absolute Gasteiger partial charge is 0.478 e. The third-order valence-corrected chi connectivity index (χ3v) is 4.31. The molecule has 0 bridgehead atoms. The van der Waals surface area contributed by atoms with Crippen LogP contribution in [-0.2, 0) is 17.8 Å². The summed E-state index contributed by atoms with van der Waals surface area (Å²) in [6.07, 6.45) is 1.83. The van der Waals surface area contributed by atoms with Gasteiger partial charge in [0.1, 0.15) is 5.00 Å². The van der Waals surface area contributed by atoms with E-state index in [1.807, 2.05) is 0 Å². The molecule has 6 heteroatoms. The first-order valence-corrected chi connectivity index (χ1v) is 7.22. The molecular weight excluding hydrogens is 264 g/mol. The summed E-state index contributed by atoms with van der Waals surface area (Å²) < 4.78 is 0. The number of anilines is 1. The van der Waals surface area contributed by atoms with Crippen molar-refractivity contribution in [2.45, 2.75) is 33.2 Å². The van der Waals surface area contributed by atoms with Gasteiger partial charge < -0.3 is 10.4 Å². The van der Waals surface area contributed by atoms with Gasteiger partial charge in [-0.1, -0.05) is 6.92 Å². The Kier molecular flexibility index (Phi) is 4.21. The fourth-order valence-electron chi connectivity index (χ4n) is 2.44. The highest BCUT2D eigenvalue weighted by Crippen LogP contribution is 2.37. The van der Waals surface area contributed by atoms with Gasteiger partial charge in [0.25, 0.3) is 0 Å². The molecule has 0 spiro atoms. The van der Waals surface area contributed by atoms with Crippen LogP contribution in [0.25, 0.3) is 0 Å². The van der Waals surface area contributed by atoms with Gasteiger partial charge in [-0.2, -0.15) is 0 Å². The number of thiophene rings is 1. The summed E-state index contributed by atoms with van der Waals surface area (Å²) in [6.45, 7) is 6.23. The van der Waals surface area contributed by atoms with Gasteiger partial charge in [-0.25, -0.2) is 4.79 Å². The average molecular weight is 282 g/mol. The Balaban J connectivity index is 2.33. The number of carboxylic acids is 1. The Morgan fingerprint density at radius 1 is 1.47 bits per heavy atom. The number of hydrogen-bond acceptors (Lipinski definition) is 4. The van der Waals surface area contributed by atoms with Crippen molar-refractivity contribution in [3.8, 4) is 0 Å². The molecule has 0 aliphatic carbocycles. The predicted molar refractivity (Wildman–Crippen MR) is 74.9 cm³/mol. The molecule has 5 nitrogen and oxygen atoms in total. The molecule has 0 saturated heterocycles. The fourth-order valence-corrected chi connectivity index (χ4v) is 3.77. The molecule has 2 N–H and O–H groups in total. The first kappa shape index (κ1) is 14.0. The zero-order valence-electron chi connectivity index (χ0n) is 11.2. The number of amides is 1. The van der Waals surface area contributed by atoms with Gasteiger partial charge in [0, 0.05) is 24.9 Å². The zero-order chi connectivity index (χ0) is 14.0. The highest BCUT2D eigenvalue weighted by molar-refractivity contribution is 7.17. The van der Waals surface area contributed by atoms with E-state index in [1.165, 1.54) is 18.3 Å². The minimum absolute atomic E-state index is 0.230. The monoisotopic (exact) mass is 282 g/mol. The molecule has 1 amide bonds. The quantitative estimate of drug-likeness (QED) is 0.888. The second kappa shape index (κ2) is 5.71. The van der Waals surface area contributed by atoms with Gasteiger partial charge in [0.15, 0.2) is 0 Å². The maximum atomic E-state index is 11.4. The highest BCUT2D eigenvalue weighted by Gasteiger charge is 2.27. The number of aromatic carboxylic acids is 1. The Hall–Kier alpha value is -1.40. The average Bonchev–Trinajstić information content (AvgIpc) is 2.65. The summed E-state index contributed by atoms with van der Waals surface area (Å²) in [7, 11) is 0. The number of nitrogens with zero attached hydrogens (tertiary/aromatic N) is 1. The van der Waals surface area contributed by atoms with E-state index in [0.717, 1.165) is 42.9 Å². The Morgan fingerprint density at radius 2 is 2.21 bits per heavy atom. The topological polar surface area (TPSA) is 69.6 Å². The van der Waals surface area contributed by atoms with Crippen LogP contribution >= 0.6 is 11.3 Å². The predicted octanol–water partition coefficient (Wildman–Crippen LogP) is 2.17. The fraction of sp³-hybridized carbons (Fsp3) is 0.538. The van der Waals surface area contributed by atoms with Crippen LogP contribution in [0.1, 0.15) is 41.1 Å². The van der Waals surface area contributed by atoms with E-state index in [1.54, 1.807) is 0 Å². The molecule has 0 atom stereocenters. The van der Waals surface area contributed by atoms with Crippen molar-refractivity contribution < 1.29 is 14.7 Å². The number of carboxylic acid groups (broad SMARTS) is 1. The number of carbonyl (C=O) groups excluding carboxylic acids is 1. The lowest BCUT2D eigenvalue weighted by Gasteiger charge is -2.26. The Bertz CT molecular complexity index is 510. The highest BCUT2D eigenvalue weighted by atomic mass is 32.1. The number of fused-ring (bicyclic) bond motifs is 1. The van der Waals surface area contributed by atoms with Crippen LogP contribution in [0.4, 0.5) is 5.00 Å². The molecule has 2 rings (SSSR count). The summed E-state index contributed by atoms with van der Waals surface area (Å²) in [6, 6.07) is 0. The molecule has 104 valence electrons. The Morgan fingerprint density at radius 3 is 2.79 bits per heavy atom. The molecule has 0 saturated carbocycles. The van der Waals surface area contributed by atoms with Crippen molar-refractivity contribution in [2.75, 3.05) is 18.4 Å². The minimum atomic E-state index is -0.954. The van der Waals surface area contributed by atoms with Crippen molar-refractivity contribution in [3.05, 3.63) is 16.0 Å². The van der Waals surface area contributed by atoms with E-state index < -0.39 is 5.97 Å². The van der Waals surface area contributed by atoms with E-state index in [4.69, 9.17) is 0 Å². The first-order chi connectivity index (χ1) is 9.02. The Labute approximate surface area is 116 Å². The number of hydrogen-bond donors (Lipinski definition) is 2. The number of rotatable bonds is 4. The van der Waals surface area contributed by atoms with E-state index in [2.05, 4.69) is 17.1 Å². The molecular formula is C13H18N2O3S. The van der Waals surface area contributed by atoms with Crippen molar-refractivity contribution in [1.29, 1.82) is 0 Å². The maximum Gasteiger partial charge on any atom is 0.339 e. The third-order valence-electron chi connectivity index (χ3n) is 3.18. The van der Waals surface area contributed by atoms with Crippen LogP contribution in [0.5, 0.6) is 0 Å². The second-order valence-electron chi connectivity index (χ2n) is 4.72. The third kappa shape index (κ3) is 2.96. The normalized spacial score (nSPS) is 15.1. The minimum Gasteiger partial charge on any atom is -0.478 e. The lowest BCUT2D eigenvalue weighted by atomic mass is 10.0. The van der Waals surface area contributed by atoms with E-state index in [9.17, 15) is 14.7 Å². The summed E-state index contributed by atoms with van der Waals surface area (Å²) in [4.78, 5) is 25.9. The van der Waals surface area contributed by atoms with Crippen LogP contribution in [0, 0.1) is 0 Å². The molecule has 1 aromatic rings. The first-order valence-electron chi connectivity index (χ1n) is 6.40. The molecule has 0 unspecified atom stereocenters. The van der Waals surface area contributed by atoms with Crippen LogP contribution in [0.15, 0.2) is 0 Å². The maximum absolute atomic E-state index is 11.4. The molecule has 2 heterocycles. The smallest absolute Gasteiger partial charge is 0.339 e. The van der Waals surface area contributed by atoms with Crippen LogP contribution in [0.3, 0.4) is 0 Å². The van der Waals surface area contributed by atoms with Crippen molar-refractivity contribution in [1.82, 2.24) is 4.90 Å². The molecule has 0 aromatic carbocycles. The van der Waals surface area contributed by atoms with E-state index in [-0.39, 0.29) is 11.5 Å². The SMILES string of the molecule is CCCN1CCc2c(sc(NC(C)=O)c2C(=O)O)C1. The van der Waals surface area contributed by atoms with Crippen LogP contribution < -0.4 is 5.32 Å². The van der Waals surface area contributed by atoms with Gasteiger partial charge in [-0.3, -0.25) is 9.69 Å². The summed E-state index contributed by atoms with van der Waals surface area (Å²) in [5.41, 5.74) is 1.18. The summed E-state index contributed by atoms with van der Waals surface area (Å²) in [5.74, 6) is -1.18.